The molecule has 0 bridgehead atoms. The molecule has 3 rings (SSSR count). The maximum Gasteiger partial charge on any atom is 0.150 e. The van der Waals surface area contributed by atoms with Crippen molar-refractivity contribution < 1.29 is 4.84 Å². The first kappa shape index (κ1) is 12.0. The van der Waals surface area contributed by atoms with Crippen molar-refractivity contribution in [2.75, 3.05) is 0 Å². The molecule has 0 saturated heterocycles. The second-order valence-corrected chi connectivity index (χ2v) is 6.22. The third-order valence-corrected chi connectivity index (χ3v) is 4.14. The van der Waals surface area contributed by atoms with Gasteiger partial charge in [-0.3, -0.25) is 0 Å². The molecule has 0 amide bonds. The molecule has 0 N–H and O–H groups in total. The smallest absolute Gasteiger partial charge is 0.150 e. The van der Waals surface area contributed by atoms with Crippen LogP contribution in [-0.4, -0.2) is 16.7 Å². The number of halogens is 1. The summed E-state index contributed by atoms with van der Waals surface area (Å²) in [7, 11) is 0. The first-order valence-electron chi connectivity index (χ1n) is 6.62. The molecule has 1 heterocycles. The first-order valence-corrected chi connectivity index (χ1v) is 7.06. The fourth-order valence-electron chi connectivity index (χ4n) is 2.75. The first-order chi connectivity index (χ1) is 8.70. The zero-order valence-corrected chi connectivity index (χ0v) is 11.4. The van der Waals surface area contributed by atoms with Gasteiger partial charge in [-0.05, 0) is 25.3 Å². The summed E-state index contributed by atoms with van der Waals surface area (Å²) in [6.07, 6.45) is 4.03. The molecule has 0 aromatic heterocycles. The van der Waals surface area contributed by atoms with Crippen LogP contribution in [0.2, 0.25) is 0 Å². The lowest BCUT2D eigenvalue weighted by atomic mass is 10.0. The molecule has 3 unspecified atom stereocenters. The fourth-order valence-corrected chi connectivity index (χ4v) is 2.86. The number of oxime groups is 1. The Morgan fingerprint density at radius 3 is 2.94 bits per heavy atom. The van der Waals surface area contributed by atoms with E-state index in [-0.39, 0.29) is 11.0 Å². The van der Waals surface area contributed by atoms with Gasteiger partial charge in [0.15, 0.2) is 5.60 Å². The highest BCUT2D eigenvalue weighted by atomic mass is 35.5. The highest BCUT2D eigenvalue weighted by Crippen LogP contribution is 2.58. The van der Waals surface area contributed by atoms with Gasteiger partial charge in [-0.15, -0.1) is 11.6 Å². The Kier molecular flexibility index (Phi) is 3.06. The van der Waals surface area contributed by atoms with Crippen molar-refractivity contribution in [3.8, 4) is 0 Å². The molecule has 1 aromatic rings. The number of alkyl halides is 1. The summed E-state index contributed by atoms with van der Waals surface area (Å²) < 4.78 is 0. The predicted octanol–water partition coefficient (Wildman–Crippen LogP) is 4.10. The standard InChI is InChI=1S/C15H18ClNO/c1-11(16)7-8-13-9-15(18-17-13)10-14(15)12-5-3-2-4-6-12/h2-6,11,14H,7-10H2,1H3. The number of benzene rings is 1. The van der Waals surface area contributed by atoms with E-state index in [4.69, 9.17) is 16.4 Å². The van der Waals surface area contributed by atoms with E-state index in [1.54, 1.807) is 0 Å². The number of hydrogen-bond acceptors (Lipinski definition) is 2. The molecule has 2 aliphatic rings. The summed E-state index contributed by atoms with van der Waals surface area (Å²) in [4.78, 5) is 5.71. The average molecular weight is 264 g/mol. The van der Waals surface area contributed by atoms with Crippen LogP contribution in [0.5, 0.6) is 0 Å². The molecule has 1 aromatic carbocycles. The third kappa shape index (κ3) is 2.26. The molecular formula is C15H18ClNO. The Hall–Kier alpha value is -1.02. The summed E-state index contributed by atoms with van der Waals surface area (Å²) >= 11 is 5.97. The normalized spacial score (nSPS) is 31.0. The van der Waals surface area contributed by atoms with Crippen molar-refractivity contribution in [3.05, 3.63) is 35.9 Å². The van der Waals surface area contributed by atoms with Gasteiger partial charge in [-0.1, -0.05) is 35.5 Å². The SMILES string of the molecule is CC(Cl)CCC1=NOC2(C1)CC2c1ccccc1. The van der Waals surface area contributed by atoms with E-state index in [1.807, 2.05) is 6.92 Å². The van der Waals surface area contributed by atoms with Gasteiger partial charge in [0.25, 0.3) is 0 Å². The summed E-state index contributed by atoms with van der Waals surface area (Å²) in [5.74, 6) is 0.522. The van der Waals surface area contributed by atoms with Crippen molar-refractivity contribution in [3.63, 3.8) is 0 Å². The van der Waals surface area contributed by atoms with Crippen molar-refractivity contribution in [2.45, 2.75) is 49.5 Å². The van der Waals surface area contributed by atoms with Gasteiger partial charge in [-0.25, -0.2) is 0 Å². The van der Waals surface area contributed by atoms with E-state index in [2.05, 4.69) is 35.5 Å². The van der Waals surface area contributed by atoms with Crippen LogP contribution in [0.3, 0.4) is 0 Å². The zero-order chi connectivity index (χ0) is 12.6. The highest BCUT2D eigenvalue weighted by molar-refractivity contribution is 6.20. The Labute approximate surface area is 113 Å². The lowest BCUT2D eigenvalue weighted by Gasteiger charge is -2.07. The zero-order valence-electron chi connectivity index (χ0n) is 10.6. The van der Waals surface area contributed by atoms with Crippen LogP contribution in [0.15, 0.2) is 35.5 Å². The molecular weight excluding hydrogens is 246 g/mol. The van der Waals surface area contributed by atoms with Crippen molar-refractivity contribution in [1.29, 1.82) is 0 Å². The maximum atomic E-state index is 5.97. The minimum atomic E-state index is -0.0216. The Balaban J connectivity index is 1.59. The quantitative estimate of drug-likeness (QED) is 0.750. The van der Waals surface area contributed by atoms with Crippen molar-refractivity contribution in [1.82, 2.24) is 0 Å². The number of hydrogen-bond donors (Lipinski definition) is 0. The van der Waals surface area contributed by atoms with Gasteiger partial charge < -0.3 is 4.84 Å². The van der Waals surface area contributed by atoms with Gasteiger partial charge >= 0.3 is 0 Å². The van der Waals surface area contributed by atoms with Crippen LogP contribution in [0.1, 0.15) is 44.1 Å². The second-order valence-electron chi connectivity index (χ2n) is 5.48. The molecule has 1 fully saturated rings. The van der Waals surface area contributed by atoms with Gasteiger partial charge in [-0.2, -0.15) is 0 Å². The largest absolute Gasteiger partial charge is 0.388 e. The number of nitrogens with zero attached hydrogens (tertiary/aromatic N) is 1. The summed E-state index contributed by atoms with van der Waals surface area (Å²) in [5.41, 5.74) is 2.53. The van der Waals surface area contributed by atoms with Gasteiger partial charge in [0.2, 0.25) is 0 Å². The molecule has 0 radical (unpaired) electrons. The van der Waals surface area contributed by atoms with Crippen LogP contribution in [-0.2, 0) is 4.84 Å². The molecule has 2 nitrogen and oxygen atoms in total. The molecule has 3 heteroatoms. The van der Waals surface area contributed by atoms with Crippen molar-refractivity contribution >= 4 is 17.3 Å². The van der Waals surface area contributed by atoms with E-state index in [0.29, 0.717) is 5.92 Å². The Bertz CT molecular complexity index is 457. The Morgan fingerprint density at radius 2 is 2.22 bits per heavy atom. The molecule has 1 spiro atoms. The minimum Gasteiger partial charge on any atom is -0.388 e. The predicted molar refractivity (Wildman–Crippen MR) is 74.2 cm³/mol. The maximum absolute atomic E-state index is 5.97. The summed E-state index contributed by atoms with van der Waals surface area (Å²) in [5, 5.41) is 4.47. The lowest BCUT2D eigenvalue weighted by molar-refractivity contribution is 0.0598. The van der Waals surface area contributed by atoms with E-state index in [0.717, 1.165) is 25.7 Å². The van der Waals surface area contributed by atoms with Crippen LogP contribution in [0.25, 0.3) is 0 Å². The summed E-state index contributed by atoms with van der Waals surface area (Å²) in [6.45, 7) is 2.03. The van der Waals surface area contributed by atoms with Gasteiger partial charge in [0.05, 0.1) is 5.71 Å². The van der Waals surface area contributed by atoms with E-state index < -0.39 is 0 Å². The lowest BCUT2D eigenvalue weighted by Crippen LogP contribution is -2.12. The van der Waals surface area contributed by atoms with Crippen LogP contribution >= 0.6 is 11.6 Å². The average Bonchev–Trinajstić information content (AvgIpc) is 2.91. The molecule has 96 valence electrons. The summed E-state index contributed by atoms with van der Waals surface area (Å²) in [6, 6.07) is 10.6. The molecule has 1 saturated carbocycles. The molecule has 18 heavy (non-hydrogen) atoms. The fraction of sp³-hybridized carbons (Fsp3) is 0.533. The van der Waals surface area contributed by atoms with Crippen LogP contribution < -0.4 is 0 Å². The van der Waals surface area contributed by atoms with E-state index >= 15 is 0 Å². The topological polar surface area (TPSA) is 21.6 Å². The minimum absolute atomic E-state index is 0.0216. The Morgan fingerprint density at radius 1 is 1.44 bits per heavy atom. The monoisotopic (exact) mass is 263 g/mol. The van der Waals surface area contributed by atoms with Crippen LogP contribution in [0.4, 0.5) is 0 Å². The molecule has 3 atom stereocenters. The van der Waals surface area contributed by atoms with Crippen molar-refractivity contribution in [2.24, 2.45) is 5.16 Å². The van der Waals surface area contributed by atoms with E-state index in [1.165, 1.54) is 11.3 Å². The molecule has 1 aliphatic carbocycles. The van der Waals surface area contributed by atoms with Gasteiger partial charge in [0, 0.05) is 24.1 Å². The van der Waals surface area contributed by atoms with Gasteiger partial charge in [0.1, 0.15) is 0 Å². The second kappa shape index (κ2) is 4.58. The third-order valence-electron chi connectivity index (χ3n) is 3.92. The van der Waals surface area contributed by atoms with E-state index in [9.17, 15) is 0 Å². The molecule has 1 aliphatic heterocycles. The number of rotatable bonds is 4. The highest BCUT2D eigenvalue weighted by Gasteiger charge is 2.60. The van der Waals surface area contributed by atoms with Crippen LogP contribution in [0, 0.1) is 0 Å².